The van der Waals surface area contributed by atoms with E-state index in [1.165, 1.54) is 12.1 Å². The summed E-state index contributed by atoms with van der Waals surface area (Å²) in [7, 11) is 0. The molecule has 2 aromatic rings. The molecule has 1 aliphatic rings. The lowest BCUT2D eigenvalue weighted by atomic mass is 10.2. The van der Waals surface area contributed by atoms with Crippen LogP contribution in [0.4, 0.5) is 4.39 Å². The number of nitrogens with zero attached hydrogens (tertiary/aromatic N) is 2. The van der Waals surface area contributed by atoms with E-state index in [0.717, 1.165) is 0 Å². The van der Waals surface area contributed by atoms with Crippen molar-refractivity contribution in [3.05, 3.63) is 34.4 Å². The summed E-state index contributed by atoms with van der Waals surface area (Å²) in [5.41, 5.74) is 0.607. The zero-order valence-electron chi connectivity index (χ0n) is 9.51. The van der Waals surface area contributed by atoms with E-state index in [0.29, 0.717) is 28.2 Å². The Balaban J connectivity index is 1.85. The van der Waals surface area contributed by atoms with Crippen molar-refractivity contribution in [2.75, 3.05) is 0 Å². The summed E-state index contributed by atoms with van der Waals surface area (Å²) in [6, 6.07) is 4.38. The lowest BCUT2D eigenvalue weighted by molar-refractivity contribution is -0.138. The minimum atomic E-state index is -0.853. The highest BCUT2D eigenvalue weighted by Gasteiger charge is 2.48. The Bertz CT molecular complexity index is 658. The van der Waals surface area contributed by atoms with E-state index in [4.69, 9.17) is 9.63 Å². The van der Waals surface area contributed by atoms with Crippen LogP contribution in [0.5, 0.6) is 0 Å². The summed E-state index contributed by atoms with van der Waals surface area (Å²) in [5.74, 6) is -1.22. The van der Waals surface area contributed by atoms with Crippen LogP contribution in [-0.4, -0.2) is 21.2 Å². The summed E-state index contributed by atoms with van der Waals surface area (Å²) in [6.45, 7) is 0. The molecule has 2 atom stereocenters. The average molecular weight is 327 g/mol. The molecule has 5 nitrogen and oxygen atoms in total. The quantitative estimate of drug-likeness (QED) is 0.938. The molecule has 1 aromatic heterocycles. The molecule has 1 fully saturated rings. The third-order valence-corrected chi connectivity index (χ3v) is 3.65. The molecular weight excluding hydrogens is 319 g/mol. The van der Waals surface area contributed by atoms with Gasteiger partial charge in [0.05, 0.1) is 16.3 Å². The predicted molar refractivity (Wildman–Crippen MR) is 65.9 cm³/mol. The second-order valence-electron chi connectivity index (χ2n) is 4.37. The van der Waals surface area contributed by atoms with Gasteiger partial charge in [0.15, 0.2) is 0 Å². The summed E-state index contributed by atoms with van der Waals surface area (Å²) >= 11 is 3.08. The number of aromatic nitrogens is 2. The second-order valence-corrected chi connectivity index (χ2v) is 5.23. The van der Waals surface area contributed by atoms with Crippen molar-refractivity contribution in [3.63, 3.8) is 0 Å². The maximum Gasteiger partial charge on any atom is 0.307 e. The van der Waals surface area contributed by atoms with Gasteiger partial charge < -0.3 is 9.63 Å². The fourth-order valence-corrected chi connectivity index (χ4v) is 2.26. The number of rotatable bonds is 3. The molecule has 2 unspecified atom stereocenters. The summed E-state index contributed by atoms with van der Waals surface area (Å²) in [5, 5.41) is 12.6. The predicted octanol–water partition coefficient (Wildman–Crippen LogP) is 2.83. The molecule has 0 bridgehead atoms. The van der Waals surface area contributed by atoms with Gasteiger partial charge in [-0.25, -0.2) is 4.39 Å². The molecule has 0 aliphatic heterocycles. The van der Waals surface area contributed by atoms with Crippen molar-refractivity contribution in [1.82, 2.24) is 10.1 Å². The van der Waals surface area contributed by atoms with Gasteiger partial charge in [0.1, 0.15) is 5.82 Å². The average Bonchev–Trinajstić information content (AvgIpc) is 3.04. The number of carbonyl (C=O) groups is 1. The Morgan fingerprint density at radius 1 is 1.53 bits per heavy atom. The van der Waals surface area contributed by atoms with Gasteiger partial charge in [-0.15, -0.1) is 0 Å². The van der Waals surface area contributed by atoms with E-state index in [1.807, 2.05) is 0 Å². The summed E-state index contributed by atoms with van der Waals surface area (Å²) in [6.07, 6.45) is 0.518. The van der Waals surface area contributed by atoms with Crippen molar-refractivity contribution < 1.29 is 18.8 Å². The maximum absolute atomic E-state index is 13.1. The Kier molecular flexibility index (Phi) is 2.85. The first-order valence-corrected chi connectivity index (χ1v) is 6.37. The molecule has 3 rings (SSSR count). The van der Waals surface area contributed by atoms with Gasteiger partial charge in [-0.2, -0.15) is 4.98 Å². The van der Waals surface area contributed by atoms with Crippen LogP contribution in [0.15, 0.2) is 27.2 Å². The van der Waals surface area contributed by atoms with E-state index in [1.54, 1.807) is 6.07 Å². The van der Waals surface area contributed by atoms with Crippen LogP contribution in [0, 0.1) is 11.7 Å². The Hall–Kier alpha value is -1.76. The van der Waals surface area contributed by atoms with Crippen molar-refractivity contribution in [2.24, 2.45) is 5.92 Å². The topological polar surface area (TPSA) is 76.2 Å². The molecule has 98 valence electrons. The highest BCUT2D eigenvalue weighted by atomic mass is 79.9. The van der Waals surface area contributed by atoms with Crippen LogP contribution < -0.4 is 0 Å². The van der Waals surface area contributed by atoms with Gasteiger partial charge >= 0.3 is 5.97 Å². The number of hydrogen-bond donors (Lipinski definition) is 1. The van der Waals surface area contributed by atoms with E-state index in [2.05, 4.69) is 26.1 Å². The number of carboxylic acid groups (broad SMARTS) is 1. The zero-order chi connectivity index (χ0) is 13.6. The van der Waals surface area contributed by atoms with Crippen molar-refractivity contribution >= 4 is 21.9 Å². The molecule has 1 N–H and O–H groups in total. The highest BCUT2D eigenvalue weighted by molar-refractivity contribution is 9.10. The first-order chi connectivity index (χ1) is 9.06. The van der Waals surface area contributed by atoms with Crippen molar-refractivity contribution in [1.29, 1.82) is 0 Å². The minimum Gasteiger partial charge on any atom is -0.481 e. The van der Waals surface area contributed by atoms with Crippen LogP contribution in [0.3, 0.4) is 0 Å². The third-order valence-electron chi connectivity index (χ3n) is 3.04. The molecule has 1 aromatic carbocycles. The molecule has 0 radical (unpaired) electrons. The second kappa shape index (κ2) is 4.41. The third kappa shape index (κ3) is 2.25. The van der Waals surface area contributed by atoms with Crippen LogP contribution in [-0.2, 0) is 4.79 Å². The lowest BCUT2D eigenvalue weighted by Crippen LogP contribution is -1.98. The van der Waals surface area contributed by atoms with Crippen LogP contribution in [0.2, 0.25) is 0 Å². The van der Waals surface area contributed by atoms with E-state index in [-0.39, 0.29) is 11.7 Å². The van der Waals surface area contributed by atoms with E-state index >= 15 is 0 Å². The molecule has 1 heterocycles. The maximum atomic E-state index is 13.1. The molecule has 1 saturated carbocycles. The first kappa shape index (κ1) is 12.3. The Morgan fingerprint density at radius 3 is 2.95 bits per heavy atom. The highest BCUT2D eigenvalue weighted by Crippen LogP contribution is 2.47. The van der Waals surface area contributed by atoms with Gasteiger partial charge in [-0.05, 0) is 40.5 Å². The molecular formula is C12H8BrFN2O3. The van der Waals surface area contributed by atoms with Crippen molar-refractivity contribution in [2.45, 2.75) is 12.3 Å². The molecule has 0 amide bonds. The molecule has 0 saturated heterocycles. The van der Waals surface area contributed by atoms with Gasteiger partial charge in [-0.1, -0.05) is 5.16 Å². The molecule has 1 aliphatic carbocycles. The number of aliphatic carboxylic acids is 1. The van der Waals surface area contributed by atoms with Gasteiger partial charge in [0.25, 0.3) is 0 Å². The van der Waals surface area contributed by atoms with Crippen LogP contribution in [0.25, 0.3) is 11.4 Å². The Morgan fingerprint density at radius 2 is 2.32 bits per heavy atom. The van der Waals surface area contributed by atoms with E-state index < -0.39 is 11.9 Å². The fourth-order valence-electron chi connectivity index (χ4n) is 1.88. The summed E-state index contributed by atoms with van der Waals surface area (Å²) in [4.78, 5) is 14.9. The number of halogens is 2. The molecule has 19 heavy (non-hydrogen) atoms. The number of benzene rings is 1. The van der Waals surface area contributed by atoms with Crippen LogP contribution in [0.1, 0.15) is 18.2 Å². The standard InChI is InChI=1S/C12H8BrFN2O3/c13-8-3-5(1-2-9(8)14)10-15-11(19-16-10)6-4-7(6)12(17)18/h1-3,6-7H,4H2,(H,17,18). The van der Waals surface area contributed by atoms with Crippen molar-refractivity contribution in [3.8, 4) is 11.4 Å². The normalized spacial score (nSPS) is 21.4. The molecule has 0 spiro atoms. The fraction of sp³-hybridized carbons (Fsp3) is 0.250. The number of hydrogen-bond acceptors (Lipinski definition) is 4. The monoisotopic (exact) mass is 326 g/mol. The smallest absolute Gasteiger partial charge is 0.307 e. The lowest BCUT2D eigenvalue weighted by Gasteiger charge is -1.96. The zero-order valence-corrected chi connectivity index (χ0v) is 11.1. The molecule has 7 heteroatoms. The Labute approximate surface area is 115 Å². The van der Waals surface area contributed by atoms with Gasteiger partial charge in [0, 0.05) is 5.56 Å². The SMILES string of the molecule is O=C(O)C1CC1c1nc(-c2ccc(F)c(Br)c2)no1. The minimum absolute atomic E-state index is 0.206. The van der Waals surface area contributed by atoms with Gasteiger partial charge in [-0.3, -0.25) is 4.79 Å². The van der Waals surface area contributed by atoms with Gasteiger partial charge in [0.2, 0.25) is 11.7 Å². The van der Waals surface area contributed by atoms with Crippen LogP contribution >= 0.6 is 15.9 Å². The largest absolute Gasteiger partial charge is 0.481 e. The number of carboxylic acids is 1. The van der Waals surface area contributed by atoms with E-state index in [9.17, 15) is 9.18 Å². The summed E-state index contributed by atoms with van der Waals surface area (Å²) < 4.78 is 18.5. The first-order valence-electron chi connectivity index (χ1n) is 5.58.